The van der Waals surface area contributed by atoms with Crippen LogP contribution in [-0.4, -0.2) is 14.5 Å². The van der Waals surface area contributed by atoms with Crippen molar-refractivity contribution in [1.82, 2.24) is 9.55 Å². The molecule has 0 fully saturated rings. The van der Waals surface area contributed by atoms with Gasteiger partial charge in [0.25, 0.3) is 0 Å². The molecular formula is C13H11N3O4. The van der Waals surface area contributed by atoms with E-state index in [4.69, 9.17) is 0 Å². The van der Waals surface area contributed by atoms with Gasteiger partial charge in [0.2, 0.25) is 0 Å². The van der Waals surface area contributed by atoms with Gasteiger partial charge < -0.3 is 0 Å². The standard InChI is InChI=1S/C13H11N3O4/c17-12-11(16(19)20)9-15(13(18)14-12)8-4-7-10-5-2-1-3-6-10/h1-7,9H,8H2,(H,14,17,18). The second-order valence-electron chi connectivity index (χ2n) is 4.00. The zero-order valence-corrected chi connectivity index (χ0v) is 10.4. The van der Waals surface area contributed by atoms with E-state index < -0.39 is 21.9 Å². The number of hydrogen-bond donors (Lipinski definition) is 1. The molecule has 7 heteroatoms. The molecule has 0 aliphatic heterocycles. The van der Waals surface area contributed by atoms with E-state index in [9.17, 15) is 19.7 Å². The molecule has 0 aliphatic rings. The highest BCUT2D eigenvalue weighted by Crippen LogP contribution is 2.02. The van der Waals surface area contributed by atoms with Crippen LogP contribution in [0, 0.1) is 10.1 Å². The summed E-state index contributed by atoms with van der Waals surface area (Å²) < 4.78 is 1.07. The molecule has 1 heterocycles. The highest BCUT2D eigenvalue weighted by Gasteiger charge is 2.13. The van der Waals surface area contributed by atoms with Crippen molar-refractivity contribution in [1.29, 1.82) is 0 Å². The highest BCUT2D eigenvalue weighted by atomic mass is 16.6. The van der Waals surface area contributed by atoms with Crippen LogP contribution >= 0.6 is 0 Å². The van der Waals surface area contributed by atoms with E-state index in [1.807, 2.05) is 35.3 Å². The number of allylic oxidation sites excluding steroid dienone is 1. The van der Waals surface area contributed by atoms with Crippen molar-refractivity contribution >= 4 is 11.8 Å². The molecule has 2 rings (SSSR count). The number of aromatic nitrogens is 2. The van der Waals surface area contributed by atoms with Gasteiger partial charge in [-0.3, -0.25) is 24.5 Å². The lowest BCUT2D eigenvalue weighted by Gasteiger charge is -2.00. The van der Waals surface area contributed by atoms with Crippen molar-refractivity contribution in [2.75, 3.05) is 0 Å². The van der Waals surface area contributed by atoms with E-state index in [2.05, 4.69) is 0 Å². The number of hydrogen-bond acceptors (Lipinski definition) is 4. The molecule has 0 spiro atoms. The smallest absolute Gasteiger partial charge is 0.290 e. The van der Waals surface area contributed by atoms with Crippen LogP contribution in [0.4, 0.5) is 5.69 Å². The molecule has 2 aromatic rings. The van der Waals surface area contributed by atoms with Crippen LogP contribution in [0.15, 0.2) is 52.2 Å². The second-order valence-corrected chi connectivity index (χ2v) is 4.00. The van der Waals surface area contributed by atoms with Crippen LogP contribution in [0.3, 0.4) is 0 Å². The Kier molecular flexibility index (Phi) is 3.90. The summed E-state index contributed by atoms with van der Waals surface area (Å²) in [5, 5.41) is 10.6. The fourth-order valence-corrected chi connectivity index (χ4v) is 1.63. The number of nitrogens with zero attached hydrogens (tertiary/aromatic N) is 2. The fourth-order valence-electron chi connectivity index (χ4n) is 1.63. The third kappa shape index (κ3) is 3.08. The third-order valence-electron chi connectivity index (χ3n) is 2.60. The average Bonchev–Trinajstić information content (AvgIpc) is 2.42. The normalized spacial score (nSPS) is 10.8. The Balaban J connectivity index is 2.24. The first-order valence-electron chi connectivity index (χ1n) is 5.77. The van der Waals surface area contributed by atoms with Gasteiger partial charge in [-0.25, -0.2) is 4.79 Å². The SMILES string of the molecule is O=c1[nH]c(=O)n(CC=Cc2ccccc2)cc1[N+](=O)[O-]. The molecule has 0 aliphatic carbocycles. The summed E-state index contributed by atoms with van der Waals surface area (Å²) in [6, 6.07) is 9.39. The number of benzene rings is 1. The van der Waals surface area contributed by atoms with Gasteiger partial charge in [0.1, 0.15) is 0 Å². The van der Waals surface area contributed by atoms with Gasteiger partial charge >= 0.3 is 16.9 Å². The first-order chi connectivity index (χ1) is 9.58. The van der Waals surface area contributed by atoms with Crippen molar-refractivity contribution in [2.45, 2.75) is 6.54 Å². The summed E-state index contributed by atoms with van der Waals surface area (Å²) in [6.07, 6.45) is 4.40. The molecule has 1 aromatic heterocycles. The number of H-pyrrole nitrogens is 1. The number of nitrogens with one attached hydrogen (secondary N) is 1. The zero-order valence-electron chi connectivity index (χ0n) is 10.4. The monoisotopic (exact) mass is 273 g/mol. The van der Waals surface area contributed by atoms with E-state index >= 15 is 0 Å². The van der Waals surface area contributed by atoms with E-state index in [-0.39, 0.29) is 6.54 Å². The topological polar surface area (TPSA) is 98.0 Å². The van der Waals surface area contributed by atoms with Gasteiger partial charge in [-0.15, -0.1) is 0 Å². The van der Waals surface area contributed by atoms with Crippen LogP contribution in [0.2, 0.25) is 0 Å². The van der Waals surface area contributed by atoms with Crippen LogP contribution in [-0.2, 0) is 6.54 Å². The maximum Gasteiger partial charge on any atom is 0.350 e. The Morgan fingerprint density at radius 1 is 1.25 bits per heavy atom. The zero-order chi connectivity index (χ0) is 14.5. The minimum atomic E-state index is -0.997. The maximum atomic E-state index is 11.5. The third-order valence-corrected chi connectivity index (χ3v) is 2.60. The molecular weight excluding hydrogens is 262 g/mol. The maximum absolute atomic E-state index is 11.5. The van der Waals surface area contributed by atoms with Gasteiger partial charge in [0.15, 0.2) is 0 Å². The summed E-state index contributed by atoms with van der Waals surface area (Å²) in [5.74, 6) is 0. The molecule has 1 N–H and O–H groups in total. The Hall–Kier alpha value is -2.96. The van der Waals surface area contributed by atoms with Crippen molar-refractivity contribution in [3.8, 4) is 0 Å². The molecule has 0 unspecified atom stereocenters. The number of rotatable bonds is 4. The summed E-state index contributed by atoms with van der Waals surface area (Å²) >= 11 is 0. The van der Waals surface area contributed by atoms with Crippen LogP contribution in [0.5, 0.6) is 0 Å². The van der Waals surface area contributed by atoms with E-state index in [1.54, 1.807) is 12.2 Å². The van der Waals surface area contributed by atoms with Crippen LogP contribution < -0.4 is 11.2 Å². The Morgan fingerprint density at radius 3 is 2.60 bits per heavy atom. The predicted octanol–water partition coefficient (Wildman–Crippen LogP) is 1.16. The number of nitro groups is 1. The van der Waals surface area contributed by atoms with Crippen molar-refractivity contribution in [3.05, 3.63) is 79.1 Å². The van der Waals surface area contributed by atoms with Gasteiger partial charge in [-0.05, 0) is 5.56 Å². The molecule has 1 aromatic carbocycles. The summed E-state index contributed by atoms with van der Waals surface area (Å²) in [7, 11) is 0. The molecule has 0 amide bonds. The lowest BCUT2D eigenvalue weighted by Crippen LogP contribution is -2.30. The summed E-state index contributed by atoms with van der Waals surface area (Å²) in [4.78, 5) is 34.4. The van der Waals surface area contributed by atoms with Crippen LogP contribution in [0.1, 0.15) is 5.56 Å². The predicted molar refractivity (Wildman–Crippen MR) is 73.5 cm³/mol. The minimum Gasteiger partial charge on any atom is -0.290 e. The highest BCUT2D eigenvalue weighted by molar-refractivity contribution is 5.48. The molecule has 0 saturated carbocycles. The fraction of sp³-hybridized carbons (Fsp3) is 0.0769. The van der Waals surface area contributed by atoms with Crippen molar-refractivity contribution in [3.63, 3.8) is 0 Å². The van der Waals surface area contributed by atoms with E-state index in [0.29, 0.717) is 0 Å². The lowest BCUT2D eigenvalue weighted by molar-refractivity contribution is -0.386. The van der Waals surface area contributed by atoms with Crippen molar-refractivity contribution in [2.24, 2.45) is 0 Å². The summed E-state index contributed by atoms with van der Waals surface area (Å²) in [6.45, 7) is 0.130. The van der Waals surface area contributed by atoms with Gasteiger partial charge in [-0.1, -0.05) is 42.5 Å². The lowest BCUT2D eigenvalue weighted by atomic mass is 10.2. The van der Waals surface area contributed by atoms with Gasteiger partial charge in [-0.2, -0.15) is 0 Å². The number of aromatic amines is 1. The van der Waals surface area contributed by atoms with Crippen LogP contribution in [0.25, 0.3) is 6.08 Å². The second kappa shape index (κ2) is 5.79. The molecule has 7 nitrogen and oxygen atoms in total. The van der Waals surface area contributed by atoms with E-state index in [0.717, 1.165) is 16.3 Å². The van der Waals surface area contributed by atoms with Gasteiger partial charge in [0.05, 0.1) is 11.1 Å². The van der Waals surface area contributed by atoms with Crippen molar-refractivity contribution < 1.29 is 4.92 Å². The molecule has 102 valence electrons. The van der Waals surface area contributed by atoms with E-state index in [1.165, 1.54) is 0 Å². The Bertz CT molecular complexity index is 759. The quantitative estimate of drug-likeness (QED) is 0.667. The first kappa shape index (κ1) is 13.5. The largest absolute Gasteiger partial charge is 0.350 e. The molecule has 0 saturated heterocycles. The molecule has 0 radical (unpaired) electrons. The minimum absolute atomic E-state index is 0.130. The average molecular weight is 273 g/mol. The van der Waals surface area contributed by atoms with Gasteiger partial charge in [0, 0.05) is 6.54 Å². The molecule has 20 heavy (non-hydrogen) atoms. The molecule has 0 bridgehead atoms. The summed E-state index contributed by atoms with van der Waals surface area (Å²) in [5.41, 5.74) is -1.39. The first-order valence-corrected chi connectivity index (χ1v) is 5.77. The Labute approximate surface area is 113 Å². The molecule has 0 atom stereocenters. The Morgan fingerprint density at radius 2 is 1.95 bits per heavy atom.